The second-order valence-electron chi connectivity index (χ2n) is 7.46. The van der Waals surface area contributed by atoms with E-state index < -0.39 is 6.10 Å². The summed E-state index contributed by atoms with van der Waals surface area (Å²) in [6, 6.07) is 6.84. The van der Waals surface area contributed by atoms with Gasteiger partial charge in [-0.15, -0.1) is 11.3 Å². The van der Waals surface area contributed by atoms with Crippen LogP contribution in [0, 0.1) is 5.92 Å². The number of carbonyl (C=O) groups excluding carboxylic acids is 2. The van der Waals surface area contributed by atoms with Crippen molar-refractivity contribution in [2.45, 2.75) is 46.3 Å². The van der Waals surface area contributed by atoms with E-state index in [4.69, 9.17) is 4.74 Å². The highest BCUT2D eigenvalue weighted by Gasteiger charge is 2.19. The number of nitrogens with one attached hydrogen (secondary N) is 1. The Bertz CT molecular complexity index is 836. The number of aromatic nitrogens is 1. The topological polar surface area (TPSA) is 71.5 Å². The van der Waals surface area contributed by atoms with Crippen LogP contribution < -0.4 is 10.1 Å². The number of anilines is 1. The molecule has 1 N–H and O–H groups in total. The van der Waals surface area contributed by atoms with Crippen LogP contribution in [0.4, 0.5) is 5.13 Å². The van der Waals surface area contributed by atoms with Crippen LogP contribution in [-0.2, 0) is 11.3 Å². The van der Waals surface area contributed by atoms with Crippen molar-refractivity contribution in [1.82, 2.24) is 9.88 Å². The third kappa shape index (κ3) is 5.62. The van der Waals surface area contributed by atoms with Gasteiger partial charge in [-0.2, -0.15) is 0 Å². The summed E-state index contributed by atoms with van der Waals surface area (Å²) < 4.78 is 5.68. The van der Waals surface area contributed by atoms with E-state index >= 15 is 0 Å². The van der Waals surface area contributed by atoms with Gasteiger partial charge in [0.05, 0.1) is 5.69 Å². The number of nitrogens with zero attached hydrogens (tertiary/aromatic N) is 2. The van der Waals surface area contributed by atoms with Crippen LogP contribution in [0.1, 0.15) is 49.7 Å². The molecule has 2 aromatic rings. The van der Waals surface area contributed by atoms with Crippen LogP contribution in [-0.4, -0.2) is 40.8 Å². The van der Waals surface area contributed by atoms with Gasteiger partial charge in [0.25, 0.3) is 5.91 Å². The first-order chi connectivity index (χ1) is 13.4. The quantitative estimate of drug-likeness (QED) is 0.711. The summed E-state index contributed by atoms with van der Waals surface area (Å²) >= 11 is 1.43. The van der Waals surface area contributed by atoms with Crippen LogP contribution in [0.15, 0.2) is 29.6 Å². The van der Waals surface area contributed by atoms with Crippen molar-refractivity contribution in [2.75, 3.05) is 18.4 Å². The molecule has 3 rings (SSSR count). The molecule has 0 saturated carbocycles. The van der Waals surface area contributed by atoms with Gasteiger partial charge in [0, 0.05) is 24.0 Å². The molecule has 0 spiro atoms. The van der Waals surface area contributed by atoms with E-state index in [1.54, 1.807) is 31.2 Å². The van der Waals surface area contributed by atoms with Crippen LogP contribution in [0.5, 0.6) is 5.75 Å². The highest BCUT2D eigenvalue weighted by molar-refractivity contribution is 7.13. The van der Waals surface area contributed by atoms with E-state index in [-0.39, 0.29) is 11.7 Å². The average Bonchev–Trinajstić information content (AvgIpc) is 3.08. The Hall–Kier alpha value is -2.25. The molecule has 1 aliphatic rings. The van der Waals surface area contributed by atoms with Gasteiger partial charge in [0.2, 0.25) is 0 Å². The second-order valence-corrected chi connectivity index (χ2v) is 8.32. The van der Waals surface area contributed by atoms with Crippen molar-refractivity contribution in [3.63, 3.8) is 0 Å². The minimum atomic E-state index is -0.697. The average molecular weight is 402 g/mol. The van der Waals surface area contributed by atoms with Gasteiger partial charge in [-0.25, -0.2) is 4.98 Å². The first-order valence-electron chi connectivity index (χ1n) is 9.66. The lowest BCUT2D eigenvalue weighted by atomic mass is 10.0. The van der Waals surface area contributed by atoms with Gasteiger partial charge in [-0.1, -0.05) is 19.1 Å². The van der Waals surface area contributed by atoms with Gasteiger partial charge < -0.3 is 4.74 Å². The van der Waals surface area contributed by atoms with Crippen LogP contribution >= 0.6 is 11.3 Å². The van der Waals surface area contributed by atoms with Gasteiger partial charge in [-0.3, -0.25) is 19.8 Å². The maximum atomic E-state index is 12.4. The third-order valence-corrected chi connectivity index (χ3v) is 5.64. The lowest BCUT2D eigenvalue weighted by molar-refractivity contribution is -0.122. The lowest BCUT2D eigenvalue weighted by Gasteiger charge is -2.30. The monoisotopic (exact) mass is 401 g/mol. The molecule has 1 aromatic carbocycles. The number of rotatable bonds is 7. The Kier molecular flexibility index (Phi) is 6.80. The number of likely N-dealkylation sites (tertiary alicyclic amines) is 1. The molecule has 2 unspecified atom stereocenters. The molecule has 0 bridgehead atoms. The second kappa shape index (κ2) is 9.30. The third-order valence-electron chi connectivity index (χ3n) is 4.83. The van der Waals surface area contributed by atoms with Crippen molar-refractivity contribution in [3.05, 3.63) is 40.9 Å². The number of hydrogen-bond donors (Lipinski definition) is 1. The number of ether oxygens (including phenoxy) is 1. The van der Waals surface area contributed by atoms with Gasteiger partial charge in [-0.05, 0) is 51.3 Å². The number of benzene rings is 1. The Morgan fingerprint density at radius 1 is 1.43 bits per heavy atom. The Morgan fingerprint density at radius 2 is 2.25 bits per heavy atom. The Balaban J connectivity index is 1.53. The Morgan fingerprint density at radius 3 is 3.00 bits per heavy atom. The van der Waals surface area contributed by atoms with E-state index in [9.17, 15) is 9.59 Å². The summed E-state index contributed by atoms with van der Waals surface area (Å²) in [5.74, 6) is 0.919. The minimum absolute atomic E-state index is 0.0408. The molecule has 6 nitrogen and oxygen atoms in total. The molecule has 150 valence electrons. The predicted octanol–water partition coefficient (Wildman–Crippen LogP) is 3.98. The molecule has 7 heteroatoms. The molecule has 1 amide bonds. The first-order valence-corrected chi connectivity index (χ1v) is 10.5. The van der Waals surface area contributed by atoms with Gasteiger partial charge >= 0.3 is 0 Å². The predicted molar refractivity (Wildman–Crippen MR) is 111 cm³/mol. The van der Waals surface area contributed by atoms with Gasteiger partial charge in [0.1, 0.15) is 5.75 Å². The molecule has 1 fully saturated rings. The fraction of sp³-hybridized carbons (Fsp3) is 0.476. The SMILES string of the molecule is CC(=O)c1cccc(OC(C)C(=O)Nc2nc(CN3CCCC(C)C3)cs2)c1. The molecule has 0 radical (unpaired) electrons. The summed E-state index contributed by atoms with van der Waals surface area (Å²) in [5, 5.41) is 5.40. The molecule has 28 heavy (non-hydrogen) atoms. The molecule has 1 aromatic heterocycles. The standard InChI is InChI=1S/C21H27N3O3S/c1-14-6-5-9-24(11-14)12-18-13-28-21(22-18)23-20(26)16(3)27-19-8-4-7-17(10-19)15(2)25/h4,7-8,10,13-14,16H,5-6,9,11-12H2,1-3H3,(H,22,23,26). The van der Waals surface area contributed by atoms with Crippen molar-refractivity contribution in [2.24, 2.45) is 5.92 Å². The zero-order valence-corrected chi connectivity index (χ0v) is 17.4. The summed E-state index contributed by atoms with van der Waals surface area (Å²) in [4.78, 5) is 30.9. The van der Waals surface area contributed by atoms with Crippen molar-refractivity contribution < 1.29 is 14.3 Å². The maximum Gasteiger partial charge on any atom is 0.266 e. The normalized spacial score (nSPS) is 18.5. The number of thiazole rings is 1. The summed E-state index contributed by atoms with van der Waals surface area (Å²) in [6.45, 7) is 8.49. The van der Waals surface area contributed by atoms with E-state index in [0.29, 0.717) is 16.4 Å². The molecule has 2 heterocycles. The number of hydrogen-bond acceptors (Lipinski definition) is 6. The molecule has 1 aliphatic heterocycles. The summed E-state index contributed by atoms with van der Waals surface area (Å²) in [5.41, 5.74) is 1.54. The van der Waals surface area contributed by atoms with Crippen LogP contribution in [0.3, 0.4) is 0 Å². The van der Waals surface area contributed by atoms with E-state index in [1.165, 1.54) is 31.1 Å². The van der Waals surface area contributed by atoms with E-state index in [0.717, 1.165) is 31.2 Å². The molecule has 2 atom stereocenters. The summed E-state index contributed by atoms with van der Waals surface area (Å²) in [7, 11) is 0. The van der Waals surface area contributed by atoms with Crippen LogP contribution in [0.25, 0.3) is 0 Å². The largest absolute Gasteiger partial charge is 0.481 e. The minimum Gasteiger partial charge on any atom is -0.481 e. The molecular weight excluding hydrogens is 374 g/mol. The number of ketones is 1. The molecule has 0 aliphatic carbocycles. The van der Waals surface area contributed by atoms with E-state index in [2.05, 4.69) is 22.1 Å². The summed E-state index contributed by atoms with van der Waals surface area (Å²) in [6.07, 6.45) is 1.83. The van der Waals surface area contributed by atoms with Crippen LogP contribution in [0.2, 0.25) is 0 Å². The maximum absolute atomic E-state index is 12.4. The van der Waals surface area contributed by atoms with E-state index in [1.807, 2.05) is 5.38 Å². The zero-order valence-electron chi connectivity index (χ0n) is 16.6. The number of carbonyl (C=O) groups is 2. The molecular formula is C21H27N3O3S. The van der Waals surface area contributed by atoms with Crippen molar-refractivity contribution in [3.8, 4) is 5.75 Å². The lowest BCUT2D eigenvalue weighted by Crippen LogP contribution is -2.33. The fourth-order valence-electron chi connectivity index (χ4n) is 3.35. The molecule has 1 saturated heterocycles. The zero-order chi connectivity index (χ0) is 20.1. The van der Waals surface area contributed by atoms with Gasteiger partial charge in [0.15, 0.2) is 17.0 Å². The Labute approximate surface area is 169 Å². The van der Waals surface area contributed by atoms with Crippen molar-refractivity contribution >= 4 is 28.2 Å². The smallest absolute Gasteiger partial charge is 0.266 e. The number of amides is 1. The highest BCUT2D eigenvalue weighted by Crippen LogP contribution is 2.21. The highest BCUT2D eigenvalue weighted by atomic mass is 32.1. The first kappa shape index (κ1) is 20.5. The number of piperidine rings is 1. The fourth-order valence-corrected chi connectivity index (χ4v) is 4.05. The van der Waals surface area contributed by atoms with Crippen molar-refractivity contribution in [1.29, 1.82) is 0 Å². The number of Topliss-reactive ketones (excluding diaryl/α,β-unsaturated/α-hetero) is 1.